The van der Waals surface area contributed by atoms with Crippen LogP contribution in [0.15, 0.2) is 0 Å². The minimum Gasteiger partial charge on any atom is -0.394 e. The molecular formula is C8H18N2O3. The highest BCUT2D eigenvalue weighted by atomic mass is 16.3. The van der Waals surface area contributed by atoms with Crippen molar-refractivity contribution in [3.05, 3.63) is 0 Å². The van der Waals surface area contributed by atoms with Crippen molar-refractivity contribution in [2.45, 2.75) is 18.9 Å². The molecule has 0 aromatic heterocycles. The van der Waals surface area contributed by atoms with E-state index in [1.54, 1.807) is 0 Å². The molecule has 1 amide bonds. The molecular weight excluding hydrogens is 172 g/mol. The molecule has 13 heavy (non-hydrogen) atoms. The Kier molecular flexibility index (Phi) is 7.57. The van der Waals surface area contributed by atoms with E-state index >= 15 is 0 Å². The van der Waals surface area contributed by atoms with Gasteiger partial charge in [0.1, 0.15) is 0 Å². The molecule has 4 N–H and O–H groups in total. The van der Waals surface area contributed by atoms with Crippen LogP contribution in [0.25, 0.3) is 0 Å². The van der Waals surface area contributed by atoms with Crippen LogP contribution in [0, 0.1) is 0 Å². The number of carbonyl (C=O) groups is 1. The van der Waals surface area contributed by atoms with E-state index in [4.69, 9.17) is 10.2 Å². The molecule has 0 aliphatic heterocycles. The van der Waals surface area contributed by atoms with Crippen LogP contribution in [0.1, 0.15) is 12.8 Å². The first-order valence-corrected chi connectivity index (χ1v) is 4.40. The van der Waals surface area contributed by atoms with Crippen LogP contribution in [0.2, 0.25) is 0 Å². The average molecular weight is 190 g/mol. The third-order valence-corrected chi connectivity index (χ3v) is 1.64. The molecule has 0 fully saturated rings. The summed E-state index contributed by atoms with van der Waals surface area (Å²) >= 11 is 0. The van der Waals surface area contributed by atoms with Gasteiger partial charge in [0.25, 0.3) is 0 Å². The van der Waals surface area contributed by atoms with E-state index in [0.717, 1.165) is 13.0 Å². The predicted molar refractivity (Wildman–Crippen MR) is 49.3 cm³/mol. The fourth-order valence-corrected chi connectivity index (χ4v) is 0.875. The summed E-state index contributed by atoms with van der Waals surface area (Å²) in [5.74, 6) is -0.136. The lowest BCUT2D eigenvalue weighted by molar-refractivity contribution is -0.122. The van der Waals surface area contributed by atoms with Gasteiger partial charge in [0.15, 0.2) is 0 Å². The fourth-order valence-electron chi connectivity index (χ4n) is 0.875. The van der Waals surface area contributed by atoms with Crippen molar-refractivity contribution in [3.63, 3.8) is 0 Å². The van der Waals surface area contributed by atoms with E-state index < -0.39 is 6.04 Å². The second-order valence-corrected chi connectivity index (χ2v) is 2.84. The molecule has 0 atom stereocenters. The number of aliphatic hydroxyl groups is 2. The van der Waals surface area contributed by atoms with Crippen LogP contribution >= 0.6 is 0 Å². The number of rotatable bonds is 7. The lowest BCUT2D eigenvalue weighted by atomic mass is 10.2. The second kappa shape index (κ2) is 7.97. The van der Waals surface area contributed by atoms with Crippen LogP contribution < -0.4 is 10.6 Å². The van der Waals surface area contributed by atoms with E-state index in [1.165, 1.54) is 0 Å². The number of hydrogen-bond donors (Lipinski definition) is 4. The van der Waals surface area contributed by atoms with Crippen LogP contribution in [-0.4, -0.2) is 49.0 Å². The van der Waals surface area contributed by atoms with Gasteiger partial charge in [-0.1, -0.05) is 0 Å². The van der Waals surface area contributed by atoms with Crippen LogP contribution in [0.4, 0.5) is 0 Å². The van der Waals surface area contributed by atoms with Crippen molar-refractivity contribution in [2.24, 2.45) is 0 Å². The van der Waals surface area contributed by atoms with Gasteiger partial charge in [-0.15, -0.1) is 0 Å². The molecule has 0 aliphatic carbocycles. The highest BCUT2D eigenvalue weighted by molar-refractivity contribution is 5.76. The number of amides is 1. The quantitative estimate of drug-likeness (QED) is 0.367. The second-order valence-electron chi connectivity index (χ2n) is 2.84. The van der Waals surface area contributed by atoms with Gasteiger partial charge in [0.2, 0.25) is 5.91 Å². The summed E-state index contributed by atoms with van der Waals surface area (Å²) in [5.41, 5.74) is 0. The molecule has 5 nitrogen and oxygen atoms in total. The standard InChI is InChI=1S/C8H18N2O3/c1-9-4-2-3-8(13)10-7(5-11)6-12/h7,9,11-12H,2-6H2,1H3,(H,10,13). The van der Waals surface area contributed by atoms with E-state index in [-0.39, 0.29) is 19.1 Å². The Hall–Kier alpha value is -0.650. The first kappa shape index (κ1) is 12.3. The number of nitrogens with one attached hydrogen (secondary N) is 2. The molecule has 0 rings (SSSR count). The van der Waals surface area contributed by atoms with Crippen LogP contribution in [0.5, 0.6) is 0 Å². The van der Waals surface area contributed by atoms with Crippen molar-refractivity contribution in [1.29, 1.82) is 0 Å². The van der Waals surface area contributed by atoms with Crippen LogP contribution in [-0.2, 0) is 4.79 Å². The molecule has 0 aromatic rings. The van der Waals surface area contributed by atoms with Gasteiger partial charge in [-0.25, -0.2) is 0 Å². The Morgan fingerprint density at radius 2 is 2.00 bits per heavy atom. The highest BCUT2D eigenvalue weighted by Gasteiger charge is 2.08. The van der Waals surface area contributed by atoms with E-state index in [9.17, 15) is 4.79 Å². The molecule has 0 aliphatic rings. The third kappa shape index (κ3) is 6.51. The summed E-state index contributed by atoms with van der Waals surface area (Å²) in [6, 6.07) is -0.526. The monoisotopic (exact) mass is 190 g/mol. The number of aliphatic hydroxyl groups excluding tert-OH is 2. The SMILES string of the molecule is CNCCCC(=O)NC(CO)CO. The van der Waals surface area contributed by atoms with Crippen LogP contribution in [0.3, 0.4) is 0 Å². The maximum Gasteiger partial charge on any atom is 0.220 e. The third-order valence-electron chi connectivity index (χ3n) is 1.64. The van der Waals surface area contributed by atoms with Gasteiger partial charge in [0.05, 0.1) is 19.3 Å². The molecule has 0 saturated heterocycles. The smallest absolute Gasteiger partial charge is 0.220 e. The molecule has 78 valence electrons. The lowest BCUT2D eigenvalue weighted by Crippen LogP contribution is -2.40. The fraction of sp³-hybridized carbons (Fsp3) is 0.875. The van der Waals surface area contributed by atoms with Crippen molar-refractivity contribution < 1.29 is 15.0 Å². The predicted octanol–water partition coefficient (Wildman–Crippen LogP) is -1.54. The Balaban J connectivity index is 3.48. The van der Waals surface area contributed by atoms with Crippen molar-refractivity contribution in [1.82, 2.24) is 10.6 Å². The Labute approximate surface area is 78.1 Å². The summed E-state index contributed by atoms with van der Waals surface area (Å²) in [6.07, 6.45) is 1.17. The highest BCUT2D eigenvalue weighted by Crippen LogP contribution is 1.88. The molecule has 0 radical (unpaired) electrons. The molecule has 0 spiro atoms. The van der Waals surface area contributed by atoms with Crippen molar-refractivity contribution in [2.75, 3.05) is 26.8 Å². The normalized spacial score (nSPS) is 10.5. The first-order chi connectivity index (χ1) is 6.24. The molecule has 0 unspecified atom stereocenters. The molecule has 0 heterocycles. The zero-order valence-electron chi connectivity index (χ0n) is 7.92. The van der Waals surface area contributed by atoms with Gasteiger partial charge in [-0.3, -0.25) is 4.79 Å². The Morgan fingerprint density at radius 1 is 1.38 bits per heavy atom. The van der Waals surface area contributed by atoms with Crippen molar-refractivity contribution in [3.8, 4) is 0 Å². The first-order valence-electron chi connectivity index (χ1n) is 4.40. The lowest BCUT2D eigenvalue weighted by Gasteiger charge is -2.12. The molecule has 0 aromatic carbocycles. The summed E-state index contributed by atoms with van der Waals surface area (Å²) in [7, 11) is 1.82. The zero-order valence-corrected chi connectivity index (χ0v) is 7.92. The van der Waals surface area contributed by atoms with Gasteiger partial charge >= 0.3 is 0 Å². The van der Waals surface area contributed by atoms with E-state index in [2.05, 4.69) is 10.6 Å². The topological polar surface area (TPSA) is 81.6 Å². The molecule has 0 bridgehead atoms. The van der Waals surface area contributed by atoms with Gasteiger partial charge in [-0.05, 0) is 20.0 Å². The summed E-state index contributed by atoms with van der Waals surface area (Å²) < 4.78 is 0. The minimum absolute atomic E-state index is 0.136. The molecule has 5 heteroatoms. The van der Waals surface area contributed by atoms with Gasteiger partial charge < -0.3 is 20.8 Å². The Morgan fingerprint density at radius 3 is 2.46 bits per heavy atom. The maximum absolute atomic E-state index is 11.1. The summed E-state index contributed by atoms with van der Waals surface area (Å²) in [6.45, 7) is 0.332. The minimum atomic E-state index is -0.526. The average Bonchev–Trinajstić information content (AvgIpc) is 2.14. The number of hydrogen-bond acceptors (Lipinski definition) is 4. The van der Waals surface area contributed by atoms with Gasteiger partial charge in [0, 0.05) is 6.42 Å². The summed E-state index contributed by atoms with van der Waals surface area (Å²) in [4.78, 5) is 11.1. The molecule has 0 saturated carbocycles. The van der Waals surface area contributed by atoms with Gasteiger partial charge in [-0.2, -0.15) is 0 Å². The Bertz CT molecular complexity index is 137. The van der Waals surface area contributed by atoms with Crippen molar-refractivity contribution >= 4 is 5.91 Å². The number of carbonyl (C=O) groups excluding carboxylic acids is 1. The maximum atomic E-state index is 11.1. The van der Waals surface area contributed by atoms with E-state index in [0.29, 0.717) is 6.42 Å². The summed E-state index contributed by atoms with van der Waals surface area (Å²) in [5, 5.41) is 22.8. The van der Waals surface area contributed by atoms with E-state index in [1.807, 2.05) is 7.05 Å². The largest absolute Gasteiger partial charge is 0.394 e. The zero-order chi connectivity index (χ0) is 10.1.